The molecule has 5 nitrogen and oxygen atoms in total. The second-order valence-corrected chi connectivity index (χ2v) is 9.93. The summed E-state index contributed by atoms with van der Waals surface area (Å²) in [5.41, 5.74) is -0.869. The second-order valence-electron chi connectivity index (χ2n) is 7.78. The van der Waals surface area contributed by atoms with Crippen molar-refractivity contribution in [1.29, 1.82) is 0 Å². The van der Waals surface area contributed by atoms with Gasteiger partial charge in [-0.15, -0.1) is 0 Å². The van der Waals surface area contributed by atoms with Crippen LogP contribution in [0.1, 0.15) is 18.1 Å². The molecule has 2 aromatic carbocycles. The van der Waals surface area contributed by atoms with Crippen molar-refractivity contribution in [2.45, 2.75) is 29.7 Å². The molecule has 1 saturated carbocycles. The van der Waals surface area contributed by atoms with E-state index in [-0.39, 0.29) is 17.3 Å². The molecule has 32 heavy (non-hydrogen) atoms. The Hall–Kier alpha value is -2.20. The molecule has 1 aliphatic heterocycles. The van der Waals surface area contributed by atoms with Crippen LogP contribution in [0.4, 0.5) is 13.2 Å². The highest BCUT2D eigenvalue weighted by Crippen LogP contribution is 2.75. The Labute approximate surface area is 195 Å². The van der Waals surface area contributed by atoms with E-state index in [1.807, 2.05) is 12.1 Å². The molecule has 4 rings (SSSR count). The van der Waals surface area contributed by atoms with E-state index >= 15 is 8.78 Å². The highest BCUT2D eigenvalue weighted by molar-refractivity contribution is 9.10. The fourth-order valence-electron chi connectivity index (χ4n) is 4.25. The third kappa shape index (κ3) is 3.39. The number of nitrogens with one attached hydrogen (secondary N) is 1. The van der Waals surface area contributed by atoms with E-state index in [1.54, 1.807) is 19.2 Å². The number of esters is 1. The maximum Gasteiger partial charge on any atom is 0.329 e. The van der Waals surface area contributed by atoms with Crippen molar-refractivity contribution in [2.75, 3.05) is 14.2 Å². The van der Waals surface area contributed by atoms with Crippen LogP contribution in [-0.4, -0.2) is 36.0 Å². The van der Waals surface area contributed by atoms with E-state index in [2.05, 4.69) is 26.2 Å². The summed E-state index contributed by atoms with van der Waals surface area (Å²) >= 11 is 3.90. The third-order valence-electron chi connectivity index (χ3n) is 5.90. The number of carbonyl (C=O) groups excluding carboxylic acids is 1. The Morgan fingerprint density at radius 2 is 1.91 bits per heavy atom. The average molecular weight is 529 g/mol. The molecule has 2 aromatic rings. The van der Waals surface area contributed by atoms with Crippen molar-refractivity contribution in [3.8, 4) is 5.75 Å². The maximum absolute atomic E-state index is 15.3. The van der Waals surface area contributed by atoms with Gasteiger partial charge in [-0.05, 0) is 42.8 Å². The number of rotatable bonds is 5. The number of ether oxygens (including phenoxy) is 2. The van der Waals surface area contributed by atoms with E-state index in [0.717, 1.165) is 12.7 Å². The van der Waals surface area contributed by atoms with Crippen molar-refractivity contribution in [1.82, 2.24) is 5.32 Å². The largest absolute Gasteiger partial charge is 0.497 e. The van der Waals surface area contributed by atoms with Crippen LogP contribution in [0.3, 0.4) is 0 Å². The van der Waals surface area contributed by atoms with Gasteiger partial charge < -0.3 is 14.8 Å². The predicted molar refractivity (Wildman–Crippen MR) is 119 cm³/mol. The summed E-state index contributed by atoms with van der Waals surface area (Å²) in [6.45, 7) is 1.69. The van der Waals surface area contributed by atoms with Crippen LogP contribution < -0.4 is 10.1 Å². The summed E-state index contributed by atoms with van der Waals surface area (Å²) in [4.78, 5) is 17.1. The molecule has 0 spiro atoms. The number of hydrogen-bond acceptors (Lipinski definition) is 6. The topological polar surface area (TPSA) is 59.9 Å². The highest BCUT2D eigenvalue weighted by atomic mass is 79.9. The van der Waals surface area contributed by atoms with Crippen molar-refractivity contribution in [3.63, 3.8) is 0 Å². The number of alkyl halides is 2. The SMILES string of the molecule is COC(=O)[C@@]12SC(NCc3ccc(OC)cc3)=N[C@](C)(c3cc(Br)ccc3F)[C@H]1C2(F)F. The number of hydrogen-bond donors (Lipinski definition) is 1. The maximum atomic E-state index is 15.3. The van der Waals surface area contributed by atoms with Crippen molar-refractivity contribution >= 4 is 38.8 Å². The Kier molecular flexibility index (Phi) is 5.73. The van der Waals surface area contributed by atoms with Crippen molar-refractivity contribution < 1.29 is 27.4 Å². The summed E-state index contributed by atoms with van der Waals surface area (Å²) in [6, 6.07) is 11.3. The van der Waals surface area contributed by atoms with E-state index in [4.69, 9.17) is 9.47 Å². The standard InChI is InChI=1S/C22H20BrF3N2O3S/c1-20(15-10-13(23)6-9-16(15)24)17-21(18(29)31-3,22(17,25)26)32-19(28-20)27-11-12-4-7-14(30-2)8-5-12/h4-10,17H,11H2,1-3H3,(H,27,28)/t17-,20-,21+/m1/s1. The highest BCUT2D eigenvalue weighted by Gasteiger charge is 2.92. The van der Waals surface area contributed by atoms with Crippen LogP contribution in [0.15, 0.2) is 51.9 Å². The number of aliphatic imine (C=N–C) groups is 1. The molecule has 1 fully saturated rings. The molecule has 1 N–H and O–H groups in total. The van der Waals surface area contributed by atoms with Crippen molar-refractivity contribution in [3.05, 3.63) is 63.9 Å². The minimum atomic E-state index is -3.44. The molecule has 3 atom stereocenters. The van der Waals surface area contributed by atoms with Gasteiger partial charge in [-0.2, -0.15) is 0 Å². The number of amidine groups is 1. The summed E-state index contributed by atoms with van der Waals surface area (Å²) < 4.78 is 53.5. The van der Waals surface area contributed by atoms with Crippen LogP contribution in [0, 0.1) is 11.7 Å². The summed E-state index contributed by atoms with van der Waals surface area (Å²) in [5, 5.41) is 3.14. The third-order valence-corrected chi connectivity index (χ3v) is 7.82. The van der Waals surface area contributed by atoms with Gasteiger partial charge in [0, 0.05) is 16.6 Å². The molecule has 0 radical (unpaired) electrons. The van der Waals surface area contributed by atoms with Gasteiger partial charge in [0.1, 0.15) is 11.6 Å². The van der Waals surface area contributed by atoms with Gasteiger partial charge in [0.15, 0.2) is 9.91 Å². The van der Waals surface area contributed by atoms with Gasteiger partial charge in [-0.1, -0.05) is 39.8 Å². The molecule has 0 aromatic heterocycles. The van der Waals surface area contributed by atoms with Crippen LogP contribution in [0.2, 0.25) is 0 Å². The van der Waals surface area contributed by atoms with E-state index in [0.29, 0.717) is 22.0 Å². The van der Waals surface area contributed by atoms with Gasteiger partial charge in [0.25, 0.3) is 5.92 Å². The lowest BCUT2D eigenvalue weighted by Gasteiger charge is -2.33. The lowest BCUT2D eigenvalue weighted by molar-refractivity contribution is -0.143. The molecule has 1 heterocycles. The molecule has 0 unspecified atom stereocenters. The van der Waals surface area contributed by atoms with Crippen LogP contribution in [0.5, 0.6) is 5.75 Å². The van der Waals surface area contributed by atoms with Crippen LogP contribution >= 0.6 is 27.7 Å². The molecule has 170 valence electrons. The molecule has 1 aliphatic carbocycles. The lowest BCUT2D eigenvalue weighted by Crippen LogP contribution is -2.41. The Morgan fingerprint density at radius 1 is 1.22 bits per heavy atom. The van der Waals surface area contributed by atoms with Crippen LogP contribution in [-0.2, 0) is 21.6 Å². The smallest absolute Gasteiger partial charge is 0.329 e. The molecule has 0 saturated heterocycles. The van der Waals surface area contributed by atoms with E-state index in [9.17, 15) is 9.18 Å². The zero-order chi connectivity index (χ0) is 23.3. The van der Waals surface area contributed by atoms with Gasteiger partial charge >= 0.3 is 5.97 Å². The molecule has 10 heteroatoms. The molecular formula is C22H20BrF3N2O3S. The van der Waals surface area contributed by atoms with Gasteiger partial charge in [0.05, 0.1) is 25.7 Å². The summed E-state index contributed by atoms with van der Waals surface area (Å²) in [5.74, 6) is -6.06. The molecular weight excluding hydrogens is 509 g/mol. The number of fused-ring (bicyclic) bond motifs is 1. The lowest BCUT2D eigenvalue weighted by atomic mass is 9.85. The van der Waals surface area contributed by atoms with Gasteiger partial charge in [-0.3, -0.25) is 9.79 Å². The zero-order valence-electron chi connectivity index (χ0n) is 17.4. The first-order valence-corrected chi connectivity index (χ1v) is 11.3. The Bertz CT molecular complexity index is 1100. The first kappa shape index (κ1) is 23.0. The fourth-order valence-corrected chi connectivity index (χ4v) is 6.16. The summed E-state index contributed by atoms with van der Waals surface area (Å²) in [7, 11) is 2.62. The molecule has 0 bridgehead atoms. The first-order valence-electron chi connectivity index (χ1n) is 9.67. The Balaban J connectivity index is 1.74. The number of nitrogens with zero attached hydrogens (tertiary/aromatic N) is 1. The molecule has 2 aliphatic rings. The quantitative estimate of drug-likeness (QED) is 0.560. The number of methoxy groups -OCH3 is 2. The first-order chi connectivity index (χ1) is 15.1. The summed E-state index contributed by atoms with van der Waals surface area (Å²) in [6.07, 6.45) is 0. The number of carbonyl (C=O) groups is 1. The number of thioether (sulfide) groups is 1. The van der Waals surface area contributed by atoms with E-state index in [1.165, 1.54) is 25.1 Å². The normalized spacial score (nSPS) is 27.7. The minimum absolute atomic E-state index is 0.0219. The monoisotopic (exact) mass is 528 g/mol. The predicted octanol–water partition coefficient (Wildman–Crippen LogP) is 4.88. The minimum Gasteiger partial charge on any atom is -0.497 e. The van der Waals surface area contributed by atoms with E-state index < -0.39 is 33.9 Å². The second kappa shape index (κ2) is 7.98. The van der Waals surface area contributed by atoms with Crippen molar-refractivity contribution in [2.24, 2.45) is 10.9 Å². The number of halogens is 4. The van der Waals surface area contributed by atoms with Gasteiger partial charge in [-0.25, -0.2) is 13.2 Å². The Morgan fingerprint density at radius 3 is 2.53 bits per heavy atom. The zero-order valence-corrected chi connectivity index (χ0v) is 19.8. The average Bonchev–Trinajstić information content (AvgIpc) is 3.30. The fraction of sp³-hybridized carbons (Fsp3) is 0.364. The molecule has 0 amide bonds. The van der Waals surface area contributed by atoms with Gasteiger partial charge in [0.2, 0.25) is 0 Å². The van der Waals surface area contributed by atoms with Crippen LogP contribution in [0.25, 0.3) is 0 Å². The number of benzene rings is 2.